The molecule has 0 aliphatic carbocycles. The molecule has 7 heteroatoms. The van der Waals surface area contributed by atoms with Crippen molar-refractivity contribution in [1.29, 1.82) is 0 Å². The normalized spacial score (nSPS) is 15.0. The van der Waals surface area contributed by atoms with Crippen LogP contribution in [0.2, 0.25) is 0 Å². The molecular weight excluding hydrogens is 375 g/mol. The minimum atomic E-state index is -0.686. The van der Waals surface area contributed by atoms with Crippen LogP contribution in [0.3, 0.4) is 0 Å². The van der Waals surface area contributed by atoms with E-state index >= 15 is 4.39 Å². The fourth-order valence-electron chi connectivity index (χ4n) is 3.43. The Labute approximate surface area is 168 Å². The number of hydrogen-bond acceptors (Lipinski definition) is 5. The van der Waals surface area contributed by atoms with Gasteiger partial charge in [-0.05, 0) is 38.8 Å². The van der Waals surface area contributed by atoms with Crippen LogP contribution in [0.15, 0.2) is 42.7 Å². The fourth-order valence-corrected chi connectivity index (χ4v) is 3.43. The molecule has 3 heterocycles. The smallest absolute Gasteiger partial charge is 0.348 e. The summed E-state index contributed by atoms with van der Waals surface area (Å²) in [5.41, 5.74) is 0.943. The summed E-state index contributed by atoms with van der Waals surface area (Å²) in [6.07, 6.45) is 4.65. The molecule has 2 aromatic heterocycles. The van der Waals surface area contributed by atoms with Gasteiger partial charge < -0.3 is 18.6 Å². The van der Waals surface area contributed by atoms with Gasteiger partial charge in [0, 0.05) is 31.5 Å². The molecule has 0 amide bonds. The number of para-hydroxylation sites is 1. The Bertz CT molecular complexity index is 1010. The van der Waals surface area contributed by atoms with Gasteiger partial charge in [-0.15, -0.1) is 0 Å². The van der Waals surface area contributed by atoms with Gasteiger partial charge in [-0.25, -0.2) is 9.78 Å². The van der Waals surface area contributed by atoms with Gasteiger partial charge in [0.1, 0.15) is 11.3 Å². The summed E-state index contributed by atoms with van der Waals surface area (Å²) >= 11 is 0. The number of imidazole rings is 1. The van der Waals surface area contributed by atoms with Crippen molar-refractivity contribution in [2.24, 2.45) is 0 Å². The van der Waals surface area contributed by atoms with Crippen LogP contribution < -0.4 is 9.47 Å². The Balaban J connectivity index is 1.75. The first-order valence-corrected chi connectivity index (χ1v) is 9.75. The molecule has 0 unspecified atom stereocenters. The number of carbonyl (C=O) groups excluding carboxylic acids is 1. The van der Waals surface area contributed by atoms with Gasteiger partial charge in [0.2, 0.25) is 5.82 Å². The molecule has 1 fully saturated rings. The second kappa shape index (κ2) is 8.21. The summed E-state index contributed by atoms with van der Waals surface area (Å²) in [4.78, 5) is 17.3. The highest BCUT2D eigenvalue weighted by atomic mass is 19.1. The predicted molar refractivity (Wildman–Crippen MR) is 105 cm³/mol. The van der Waals surface area contributed by atoms with Crippen molar-refractivity contribution < 1.29 is 23.4 Å². The van der Waals surface area contributed by atoms with E-state index in [2.05, 4.69) is 4.98 Å². The van der Waals surface area contributed by atoms with E-state index in [1.165, 1.54) is 10.6 Å². The minimum Gasteiger partial charge on any atom is -0.487 e. The number of benzene rings is 1. The summed E-state index contributed by atoms with van der Waals surface area (Å²) in [7, 11) is 0. The molecule has 0 atom stereocenters. The van der Waals surface area contributed by atoms with E-state index in [0.29, 0.717) is 19.0 Å². The molecule has 0 N–H and O–H groups in total. The zero-order valence-corrected chi connectivity index (χ0v) is 16.4. The molecule has 1 aromatic carbocycles. The molecule has 152 valence electrons. The molecule has 6 nitrogen and oxygen atoms in total. The first-order valence-electron chi connectivity index (χ1n) is 9.75. The fraction of sp³-hybridized carbons (Fsp3) is 0.364. The summed E-state index contributed by atoms with van der Waals surface area (Å²) in [6, 6.07) is 8.66. The van der Waals surface area contributed by atoms with Crippen molar-refractivity contribution in [3.8, 4) is 11.5 Å². The maximum absolute atomic E-state index is 15.3. The lowest BCUT2D eigenvalue weighted by atomic mass is 9.97. The summed E-state index contributed by atoms with van der Waals surface area (Å²) < 4.78 is 33.3. The van der Waals surface area contributed by atoms with Crippen LogP contribution in [0.25, 0.3) is 5.65 Å². The number of esters is 1. The Kier molecular flexibility index (Phi) is 5.49. The average molecular weight is 398 g/mol. The zero-order chi connectivity index (χ0) is 20.4. The largest absolute Gasteiger partial charge is 0.487 e. The van der Waals surface area contributed by atoms with Gasteiger partial charge in [0.05, 0.1) is 11.8 Å². The number of fused-ring (bicyclic) bond motifs is 1. The van der Waals surface area contributed by atoms with Crippen molar-refractivity contribution in [3.63, 3.8) is 0 Å². The second-order valence-corrected chi connectivity index (χ2v) is 7.34. The number of aromatic nitrogens is 2. The molecular formula is C22H23FN2O4. The lowest BCUT2D eigenvalue weighted by Crippen LogP contribution is -2.16. The molecule has 0 bridgehead atoms. The summed E-state index contributed by atoms with van der Waals surface area (Å²) in [5, 5.41) is 0. The highest BCUT2D eigenvalue weighted by Gasteiger charge is 2.26. The summed E-state index contributed by atoms with van der Waals surface area (Å²) in [5.74, 6) is -0.912. The zero-order valence-electron chi connectivity index (χ0n) is 16.4. The van der Waals surface area contributed by atoms with E-state index in [9.17, 15) is 4.79 Å². The molecule has 1 aliphatic rings. The molecule has 0 radical (unpaired) electrons. The number of ether oxygens (including phenoxy) is 3. The number of nitrogens with zero attached hydrogens (tertiary/aromatic N) is 2. The number of carbonyl (C=O) groups is 1. The third-order valence-electron chi connectivity index (χ3n) is 4.83. The second-order valence-electron chi connectivity index (χ2n) is 7.34. The van der Waals surface area contributed by atoms with Gasteiger partial charge >= 0.3 is 5.97 Å². The summed E-state index contributed by atoms with van der Waals surface area (Å²) in [6.45, 7) is 4.87. The van der Waals surface area contributed by atoms with E-state index in [4.69, 9.17) is 14.2 Å². The third kappa shape index (κ3) is 4.10. The molecule has 29 heavy (non-hydrogen) atoms. The first-order chi connectivity index (χ1) is 14.0. The Morgan fingerprint density at radius 1 is 1.21 bits per heavy atom. The highest BCUT2D eigenvalue weighted by Crippen LogP contribution is 2.32. The van der Waals surface area contributed by atoms with Crippen LogP contribution in [0.4, 0.5) is 4.39 Å². The molecule has 4 rings (SSSR count). The lowest BCUT2D eigenvalue weighted by Gasteiger charge is -2.19. The Hall–Kier alpha value is -2.93. The van der Waals surface area contributed by atoms with Gasteiger partial charge in [0.15, 0.2) is 11.4 Å². The Morgan fingerprint density at radius 3 is 2.62 bits per heavy atom. The number of rotatable bonds is 5. The van der Waals surface area contributed by atoms with Gasteiger partial charge in [-0.1, -0.05) is 18.2 Å². The monoisotopic (exact) mass is 398 g/mol. The van der Waals surface area contributed by atoms with Gasteiger partial charge in [-0.2, -0.15) is 4.39 Å². The van der Waals surface area contributed by atoms with Crippen molar-refractivity contribution in [2.75, 3.05) is 13.2 Å². The maximum atomic E-state index is 15.3. The minimum absolute atomic E-state index is 0.0171. The van der Waals surface area contributed by atoms with Gasteiger partial charge in [-0.3, -0.25) is 0 Å². The van der Waals surface area contributed by atoms with Crippen molar-refractivity contribution in [3.05, 3.63) is 59.8 Å². The molecule has 3 aromatic rings. The SMILES string of the molecule is CC(C)Oc1c(C(=O)Oc2ccccc2)cn2cc(C3CCOCC3)nc2c1F. The van der Waals surface area contributed by atoms with E-state index < -0.39 is 11.8 Å². The average Bonchev–Trinajstić information content (AvgIpc) is 3.16. The van der Waals surface area contributed by atoms with E-state index in [1.807, 2.05) is 6.07 Å². The molecule has 1 aliphatic heterocycles. The molecule has 0 spiro atoms. The van der Waals surface area contributed by atoms with Crippen molar-refractivity contribution >= 4 is 11.6 Å². The van der Waals surface area contributed by atoms with E-state index in [-0.39, 0.29) is 29.0 Å². The number of pyridine rings is 1. The van der Waals surface area contributed by atoms with Crippen LogP contribution in [0.1, 0.15) is 48.7 Å². The highest BCUT2D eigenvalue weighted by molar-refractivity contribution is 5.94. The van der Waals surface area contributed by atoms with Crippen LogP contribution in [-0.2, 0) is 4.74 Å². The number of hydrogen-bond donors (Lipinski definition) is 0. The Morgan fingerprint density at radius 2 is 1.93 bits per heavy atom. The molecule has 1 saturated heterocycles. The standard InChI is InChI=1S/C22H23FN2O4/c1-14(2)28-20-17(22(26)29-16-6-4-3-5-7-16)12-25-13-18(24-21(25)19(20)23)15-8-10-27-11-9-15/h3-7,12-15H,8-11H2,1-2H3. The maximum Gasteiger partial charge on any atom is 0.348 e. The van der Waals surface area contributed by atoms with Gasteiger partial charge in [0.25, 0.3) is 0 Å². The third-order valence-corrected chi connectivity index (χ3v) is 4.83. The predicted octanol–water partition coefficient (Wildman–Crippen LogP) is 4.37. The topological polar surface area (TPSA) is 62.1 Å². The number of halogens is 1. The van der Waals surface area contributed by atoms with Crippen molar-refractivity contribution in [1.82, 2.24) is 9.38 Å². The molecule has 0 saturated carbocycles. The van der Waals surface area contributed by atoms with Crippen LogP contribution in [0, 0.1) is 5.82 Å². The first kappa shape index (κ1) is 19.4. The van der Waals surface area contributed by atoms with Crippen molar-refractivity contribution in [2.45, 2.75) is 38.7 Å². The van der Waals surface area contributed by atoms with Crippen LogP contribution in [-0.4, -0.2) is 34.7 Å². The lowest BCUT2D eigenvalue weighted by molar-refractivity contribution is 0.0726. The van der Waals surface area contributed by atoms with E-state index in [1.54, 1.807) is 44.3 Å². The van der Waals surface area contributed by atoms with Crippen LogP contribution >= 0.6 is 0 Å². The quantitative estimate of drug-likeness (QED) is 0.472. The van der Waals surface area contributed by atoms with Crippen LogP contribution in [0.5, 0.6) is 11.5 Å². The van der Waals surface area contributed by atoms with E-state index in [0.717, 1.165) is 18.5 Å².